The van der Waals surface area contributed by atoms with Gasteiger partial charge in [0.1, 0.15) is 0 Å². The standard InChI is InChI=1S/C28H30O2/c29-27(19-9-3-1-4-10-19)23-15-7-13-21-18-26-22(17-25(21)23)14-8-16-24(26)28(30)20-11-5-2-6-12-20/h7-8,13-20H,1-6,9-12H2. The Kier molecular flexibility index (Phi) is 5.41. The van der Waals surface area contributed by atoms with Crippen LogP contribution in [0.3, 0.4) is 0 Å². The Morgan fingerprint density at radius 2 is 0.967 bits per heavy atom. The summed E-state index contributed by atoms with van der Waals surface area (Å²) in [5.41, 5.74) is 1.70. The van der Waals surface area contributed by atoms with Crippen LogP contribution in [0.25, 0.3) is 21.5 Å². The highest BCUT2D eigenvalue weighted by Gasteiger charge is 2.25. The van der Waals surface area contributed by atoms with Gasteiger partial charge in [-0.1, -0.05) is 74.9 Å². The number of benzene rings is 3. The number of carbonyl (C=O) groups is 2. The average Bonchev–Trinajstić information content (AvgIpc) is 2.82. The number of hydrogen-bond donors (Lipinski definition) is 0. The maximum atomic E-state index is 13.3. The van der Waals surface area contributed by atoms with E-state index < -0.39 is 0 Å². The van der Waals surface area contributed by atoms with Crippen molar-refractivity contribution < 1.29 is 9.59 Å². The molecule has 0 spiro atoms. The minimum atomic E-state index is 0.166. The van der Waals surface area contributed by atoms with Crippen molar-refractivity contribution in [3.05, 3.63) is 59.7 Å². The zero-order valence-electron chi connectivity index (χ0n) is 17.7. The van der Waals surface area contributed by atoms with Crippen LogP contribution in [-0.2, 0) is 0 Å². The first kappa shape index (κ1) is 19.5. The molecule has 154 valence electrons. The van der Waals surface area contributed by atoms with E-state index in [1.165, 1.54) is 12.8 Å². The number of rotatable bonds is 4. The van der Waals surface area contributed by atoms with Gasteiger partial charge in [0.2, 0.25) is 0 Å². The van der Waals surface area contributed by atoms with Crippen molar-refractivity contribution >= 4 is 33.1 Å². The molecule has 2 aliphatic rings. The van der Waals surface area contributed by atoms with Gasteiger partial charge in [-0.05, 0) is 59.4 Å². The Bertz CT molecular complexity index is 1010. The summed E-state index contributed by atoms with van der Waals surface area (Å²) >= 11 is 0. The second kappa shape index (κ2) is 8.34. The van der Waals surface area contributed by atoms with Crippen LogP contribution in [0.15, 0.2) is 48.5 Å². The summed E-state index contributed by atoms with van der Waals surface area (Å²) in [5, 5.41) is 4.19. The summed E-state index contributed by atoms with van der Waals surface area (Å²) in [6.45, 7) is 0. The van der Waals surface area contributed by atoms with Gasteiger partial charge in [-0.25, -0.2) is 0 Å². The van der Waals surface area contributed by atoms with E-state index >= 15 is 0 Å². The third-order valence-electron chi connectivity index (χ3n) is 7.36. The number of ketones is 2. The fourth-order valence-corrected chi connectivity index (χ4v) is 5.65. The first-order valence-corrected chi connectivity index (χ1v) is 11.8. The van der Waals surface area contributed by atoms with Crippen LogP contribution in [-0.4, -0.2) is 11.6 Å². The molecule has 2 heteroatoms. The third-order valence-corrected chi connectivity index (χ3v) is 7.36. The monoisotopic (exact) mass is 398 g/mol. The van der Waals surface area contributed by atoms with E-state index in [1.807, 2.05) is 24.3 Å². The van der Waals surface area contributed by atoms with Crippen LogP contribution in [0.1, 0.15) is 84.9 Å². The first-order valence-electron chi connectivity index (χ1n) is 11.8. The van der Waals surface area contributed by atoms with Gasteiger partial charge < -0.3 is 0 Å². The van der Waals surface area contributed by atoms with E-state index in [4.69, 9.17) is 0 Å². The molecule has 0 aliphatic heterocycles. The van der Waals surface area contributed by atoms with Crippen molar-refractivity contribution in [3.63, 3.8) is 0 Å². The Balaban J connectivity index is 1.58. The molecule has 0 saturated heterocycles. The molecule has 0 amide bonds. The Hall–Kier alpha value is -2.48. The van der Waals surface area contributed by atoms with Crippen molar-refractivity contribution in [2.45, 2.75) is 64.2 Å². The molecule has 3 aromatic rings. The number of Topliss-reactive ketones (excluding diaryl/α,β-unsaturated/α-hetero) is 2. The fourth-order valence-electron chi connectivity index (χ4n) is 5.65. The van der Waals surface area contributed by atoms with Crippen molar-refractivity contribution in [2.75, 3.05) is 0 Å². The molecule has 5 rings (SSSR count). The van der Waals surface area contributed by atoms with E-state index in [1.54, 1.807) is 0 Å². The molecule has 2 nitrogen and oxygen atoms in total. The predicted octanol–water partition coefficient (Wildman–Crippen LogP) is 7.52. The Labute approximate surface area is 178 Å². The Morgan fingerprint density at radius 3 is 1.37 bits per heavy atom. The summed E-state index contributed by atoms with van der Waals surface area (Å²) < 4.78 is 0. The summed E-state index contributed by atoms with van der Waals surface area (Å²) in [4.78, 5) is 26.6. The SMILES string of the molecule is O=C(c1cccc2cc3c(C(=O)C4CCCCC4)cccc3cc12)C1CCCCC1. The molecule has 0 bridgehead atoms. The number of fused-ring (bicyclic) bond motifs is 2. The van der Waals surface area contributed by atoms with Crippen LogP contribution in [0.5, 0.6) is 0 Å². The second-order valence-electron chi connectivity index (χ2n) is 9.30. The molecule has 3 aromatic carbocycles. The third kappa shape index (κ3) is 3.57. The summed E-state index contributed by atoms with van der Waals surface area (Å²) in [6, 6.07) is 16.4. The molecular weight excluding hydrogens is 368 g/mol. The molecule has 0 heterocycles. The molecular formula is C28H30O2. The topological polar surface area (TPSA) is 34.1 Å². The highest BCUT2D eigenvalue weighted by molar-refractivity contribution is 6.16. The van der Waals surface area contributed by atoms with Gasteiger partial charge in [-0.3, -0.25) is 9.59 Å². The lowest BCUT2D eigenvalue weighted by atomic mass is 9.81. The zero-order chi connectivity index (χ0) is 20.5. The van der Waals surface area contributed by atoms with E-state index in [0.29, 0.717) is 11.6 Å². The van der Waals surface area contributed by atoms with Crippen molar-refractivity contribution in [1.82, 2.24) is 0 Å². The molecule has 2 fully saturated rings. The lowest BCUT2D eigenvalue weighted by Crippen LogP contribution is -2.18. The van der Waals surface area contributed by atoms with E-state index in [0.717, 1.165) is 84.0 Å². The summed E-state index contributed by atoms with van der Waals surface area (Å²) in [7, 11) is 0. The molecule has 30 heavy (non-hydrogen) atoms. The van der Waals surface area contributed by atoms with Crippen molar-refractivity contribution in [3.8, 4) is 0 Å². The molecule has 2 aliphatic carbocycles. The number of hydrogen-bond acceptors (Lipinski definition) is 2. The minimum Gasteiger partial charge on any atom is -0.294 e. The maximum Gasteiger partial charge on any atom is 0.166 e. The molecule has 2 saturated carbocycles. The van der Waals surface area contributed by atoms with E-state index in [9.17, 15) is 9.59 Å². The Morgan fingerprint density at radius 1 is 0.567 bits per heavy atom. The van der Waals surface area contributed by atoms with E-state index in [2.05, 4.69) is 24.3 Å². The van der Waals surface area contributed by atoms with Gasteiger partial charge in [0.25, 0.3) is 0 Å². The largest absolute Gasteiger partial charge is 0.294 e. The highest BCUT2D eigenvalue weighted by atomic mass is 16.1. The lowest BCUT2D eigenvalue weighted by molar-refractivity contribution is 0.0884. The van der Waals surface area contributed by atoms with Gasteiger partial charge >= 0.3 is 0 Å². The smallest absolute Gasteiger partial charge is 0.166 e. The molecule has 0 aromatic heterocycles. The lowest BCUT2D eigenvalue weighted by Gasteiger charge is -2.22. The highest BCUT2D eigenvalue weighted by Crippen LogP contribution is 2.34. The van der Waals surface area contributed by atoms with Crippen LogP contribution in [0.4, 0.5) is 0 Å². The van der Waals surface area contributed by atoms with Gasteiger partial charge in [0, 0.05) is 23.0 Å². The first-order chi connectivity index (χ1) is 14.7. The molecule has 0 N–H and O–H groups in total. The van der Waals surface area contributed by atoms with Gasteiger partial charge in [-0.2, -0.15) is 0 Å². The predicted molar refractivity (Wildman–Crippen MR) is 123 cm³/mol. The van der Waals surface area contributed by atoms with E-state index in [-0.39, 0.29) is 11.8 Å². The second-order valence-corrected chi connectivity index (χ2v) is 9.30. The maximum absolute atomic E-state index is 13.3. The molecule has 0 atom stereocenters. The average molecular weight is 399 g/mol. The molecule has 0 unspecified atom stereocenters. The van der Waals surface area contributed by atoms with Gasteiger partial charge in [-0.15, -0.1) is 0 Å². The number of carbonyl (C=O) groups excluding carboxylic acids is 2. The quantitative estimate of drug-likeness (QED) is 0.336. The van der Waals surface area contributed by atoms with Crippen molar-refractivity contribution in [1.29, 1.82) is 0 Å². The van der Waals surface area contributed by atoms with Crippen LogP contribution < -0.4 is 0 Å². The summed E-state index contributed by atoms with van der Waals surface area (Å²) in [5.74, 6) is 0.932. The van der Waals surface area contributed by atoms with Crippen LogP contribution >= 0.6 is 0 Å². The summed E-state index contributed by atoms with van der Waals surface area (Å²) in [6.07, 6.45) is 11.2. The molecule has 0 radical (unpaired) electrons. The minimum absolute atomic E-state index is 0.166. The van der Waals surface area contributed by atoms with Crippen LogP contribution in [0.2, 0.25) is 0 Å². The zero-order valence-corrected chi connectivity index (χ0v) is 17.7. The van der Waals surface area contributed by atoms with Crippen molar-refractivity contribution in [2.24, 2.45) is 11.8 Å². The van der Waals surface area contributed by atoms with Crippen LogP contribution in [0, 0.1) is 11.8 Å². The van der Waals surface area contributed by atoms with Gasteiger partial charge in [0.05, 0.1) is 0 Å². The van der Waals surface area contributed by atoms with Gasteiger partial charge in [0.15, 0.2) is 11.6 Å². The normalized spacial score (nSPS) is 18.7. The fraction of sp³-hybridized carbons (Fsp3) is 0.429.